The number of nitrogens with zero attached hydrogens (tertiary/aromatic N) is 3. The highest BCUT2D eigenvalue weighted by molar-refractivity contribution is 7.15. The van der Waals surface area contributed by atoms with Gasteiger partial charge in [0.1, 0.15) is 36.5 Å². The number of hydrogen-bond donors (Lipinski definition) is 0. The minimum atomic E-state index is -0.627. The minimum absolute atomic E-state index is 0.0176. The number of aromatic nitrogens is 2. The Morgan fingerprint density at radius 2 is 1.84 bits per heavy atom. The smallest absolute Gasteiger partial charge is 0.416 e. The van der Waals surface area contributed by atoms with E-state index in [1.807, 2.05) is 73.7 Å². The van der Waals surface area contributed by atoms with E-state index >= 15 is 0 Å². The zero-order valence-electron chi connectivity index (χ0n) is 23.9. The van der Waals surface area contributed by atoms with Crippen LogP contribution in [-0.2, 0) is 22.6 Å². The van der Waals surface area contributed by atoms with Crippen LogP contribution in [0.4, 0.5) is 4.79 Å². The second-order valence-electron chi connectivity index (χ2n) is 10.5. The molecule has 0 N–H and O–H groups in total. The summed E-state index contributed by atoms with van der Waals surface area (Å²) in [6, 6.07) is 25.9. The average Bonchev–Trinajstić information content (AvgIpc) is 3.80. The summed E-state index contributed by atoms with van der Waals surface area (Å²) < 4.78 is 16.5. The van der Waals surface area contributed by atoms with Crippen LogP contribution in [0.25, 0.3) is 10.6 Å². The molecule has 1 saturated heterocycles. The summed E-state index contributed by atoms with van der Waals surface area (Å²) in [5, 5.41) is 4.97. The molecule has 1 aliphatic heterocycles. The van der Waals surface area contributed by atoms with Gasteiger partial charge in [-0.2, -0.15) is 0 Å². The number of benzene rings is 3. The predicted molar refractivity (Wildman–Crippen MR) is 164 cm³/mol. The fraction of sp³-hybridized carbons (Fsp3) is 0.206. The number of carbonyl (C=O) groups excluding carboxylic acids is 3. The van der Waals surface area contributed by atoms with Gasteiger partial charge in [0.2, 0.25) is 5.91 Å². The molecular weight excluding hydrogens is 578 g/mol. The molecule has 3 aromatic carbocycles. The Hall–Kier alpha value is -5.09. The number of aldehydes is 1. The number of hydrogen-bond acceptors (Lipinski definition) is 9. The lowest BCUT2D eigenvalue weighted by atomic mass is 9.91. The monoisotopic (exact) mass is 607 g/mol. The summed E-state index contributed by atoms with van der Waals surface area (Å²) in [7, 11) is 0. The second-order valence-corrected chi connectivity index (χ2v) is 11.6. The highest BCUT2D eigenvalue weighted by Gasteiger charge is 2.39. The molecule has 0 saturated carbocycles. The van der Waals surface area contributed by atoms with Gasteiger partial charge in [0.05, 0.1) is 22.3 Å². The standard InChI is InChI=1S/C34H29N3O6S/c1-22-31(44-33(35-22)26-9-7-24(19-38)8-10-26)21-41-28-13-11-25(12-14-28)29(30-15-16-43-36-30)18-32(39)37-27(20-42-34(37)40)17-23-5-3-2-4-6-23/h2-16,19,27,29H,17-18,20-21H2,1H3/t27?,29-/m0/s1. The summed E-state index contributed by atoms with van der Waals surface area (Å²) in [5.74, 6) is -0.105. The third kappa shape index (κ3) is 6.45. The molecule has 0 aliphatic carbocycles. The zero-order valence-corrected chi connectivity index (χ0v) is 24.7. The second kappa shape index (κ2) is 13.0. The van der Waals surface area contributed by atoms with E-state index in [2.05, 4.69) is 10.1 Å². The number of cyclic esters (lactones) is 1. The molecule has 0 radical (unpaired) electrons. The van der Waals surface area contributed by atoms with Crippen molar-refractivity contribution in [1.82, 2.24) is 15.0 Å². The van der Waals surface area contributed by atoms with Crippen molar-refractivity contribution >= 4 is 29.6 Å². The van der Waals surface area contributed by atoms with Crippen LogP contribution >= 0.6 is 11.3 Å². The molecule has 1 fully saturated rings. The normalized spacial score (nSPS) is 15.2. The molecular formula is C34H29N3O6S. The van der Waals surface area contributed by atoms with Gasteiger partial charge in [0.15, 0.2) is 0 Å². The van der Waals surface area contributed by atoms with E-state index in [-0.39, 0.29) is 25.0 Å². The van der Waals surface area contributed by atoms with Crippen LogP contribution in [0.2, 0.25) is 0 Å². The molecule has 44 heavy (non-hydrogen) atoms. The van der Waals surface area contributed by atoms with E-state index in [0.29, 0.717) is 30.0 Å². The molecule has 1 unspecified atom stereocenters. The van der Waals surface area contributed by atoms with Gasteiger partial charge in [0.25, 0.3) is 0 Å². The number of ether oxygens (including phenoxy) is 2. The molecule has 9 nitrogen and oxygen atoms in total. The molecule has 2 aromatic heterocycles. The summed E-state index contributed by atoms with van der Waals surface area (Å²) in [6.45, 7) is 2.45. The van der Waals surface area contributed by atoms with Crippen LogP contribution in [-0.4, -0.2) is 46.0 Å². The van der Waals surface area contributed by atoms with Crippen LogP contribution in [0.15, 0.2) is 95.7 Å². The number of rotatable bonds is 11. The van der Waals surface area contributed by atoms with Crippen molar-refractivity contribution in [1.29, 1.82) is 0 Å². The Morgan fingerprint density at radius 3 is 2.55 bits per heavy atom. The van der Waals surface area contributed by atoms with Crippen molar-refractivity contribution in [2.45, 2.75) is 38.3 Å². The highest BCUT2D eigenvalue weighted by Crippen LogP contribution is 2.32. The summed E-state index contributed by atoms with van der Waals surface area (Å²) in [4.78, 5) is 44.0. The average molecular weight is 608 g/mol. The summed E-state index contributed by atoms with van der Waals surface area (Å²) in [5.41, 5.74) is 4.90. The number of carbonyl (C=O) groups is 3. The van der Waals surface area contributed by atoms with Crippen LogP contribution in [0, 0.1) is 6.92 Å². The van der Waals surface area contributed by atoms with Gasteiger partial charge >= 0.3 is 6.09 Å². The van der Waals surface area contributed by atoms with E-state index in [9.17, 15) is 14.4 Å². The van der Waals surface area contributed by atoms with Gasteiger partial charge in [0, 0.05) is 29.5 Å². The van der Waals surface area contributed by atoms with Crippen LogP contribution in [0.1, 0.15) is 50.1 Å². The van der Waals surface area contributed by atoms with Crippen LogP contribution in [0.5, 0.6) is 5.75 Å². The minimum Gasteiger partial charge on any atom is -0.488 e. The molecule has 222 valence electrons. The Morgan fingerprint density at radius 1 is 1.07 bits per heavy atom. The van der Waals surface area contributed by atoms with Crippen molar-refractivity contribution in [3.05, 3.63) is 124 Å². The van der Waals surface area contributed by atoms with Gasteiger partial charge in [-0.15, -0.1) is 11.3 Å². The molecule has 0 bridgehead atoms. The van der Waals surface area contributed by atoms with Crippen molar-refractivity contribution in [3.8, 4) is 16.3 Å². The van der Waals surface area contributed by atoms with Crippen molar-refractivity contribution in [2.24, 2.45) is 0 Å². The van der Waals surface area contributed by atoms with Gasteiger partial charge < -0.3 is 14.0 Å². The lowest BCUT2D eigenvalue weighted by molar-refractivity contribution is -0.129. The number of imide groups is 1. The van der Waals surface area contributed by atoms with Crippen molar-refractivity contribution in [2.75, 3.05) is 6.61 Å². The fourth-order valence-corrected chi connectivity index (χ4v) is 6.19. The zero-order chi connectivity index (χ0) is 30.5. The largest absolute Gasteiger partial charge is 0.488 e. The maximum Gasteiger partial charge on any atom is 0.416 e. The Balaban J connectivity index is 1.14. The maximum absolute atomic E-state index is 13.6. The lowest BCUT2D eigenvalue weighted by Gasteiger charge is -2.22. The Labute approximate surface area is 258 Å². The van der Waals surface area contributed by atoms with E-state index in [1.165, 1.54) is 11.2 Å². The molecule has 2 amide bonds. The van der Waals surface area contributed by atoms with Gasteiger partial charge in [-0.3, -0.25) is 9.59 Å². The Bertz CT molecular complexity index is 1730. The topological polar surface area (TPSA) is 112 Å². The van der Waals surface area contributed by atoms with Crippen LogP contribution in [0.3, 0.4) is 0 Å². The van der Waals surface area contributed by atoms with Crippen molar-refractivity contribution < 1.29 is 28.4 Å². The van der Waals surface area contributed by atoms with E-state index in [1.54, 1.807) is 29.5 Å². The lowest BCUT2D eigenvalue weighted by Crippen LogP contribution is -2.40. The third-order valence-electron chi connectivity index (χ3n) is 7.58. The first-order chi connectivity index (χ1) is 21.5. The number of aryl methyl sites for hydroxylation is 1. The fourth-order valence-electron chi connectivity index (χ4n) is 5.21. The maximum atomic E-state index is 13.6. The summed E-state index contributed by atoms with van der Waals surface area (Å²) in [6.07, 6.45) is 2.20. The SMILES string of the molecule is Cc1nc(-c2ccc(C=O)cc2)sc1COc1ccc([C@H](CC(=O)N2C(=O)OCC2Cc2ccccc2)c2ccon2)cc1. The molecule has 10 heteroatoms. The van der Waals surface area contributed by atoms with E-state index < -0.39 is 12.0 Å². The first-order valence-electron chi connectivity index (χ1n) is 14.2. The van der Waals surface area contributed by atoms with Crippen LogP contribution < -0.4 is 4.74 Å². The quantitative estimate of drug-likeness (QED) is 0.154. The predicted octanol–water partition coefficient (Wildman–Crippen LogP) is 6.61. The third-order valence-corrected chi connectivity index (χ3v) is 8.76. The van der Waals surface area contributed by atoms with Gasteiger partial charge in [-0.05, 0) is 36.6 Å². The number of amides is 2. The molecule has 1 aliphatic rings. The molecule has 0 spiro atoms. The van der Waals surface area contributed by atoms with Crippen molar-refractivity contribution in [3.63, 3.8) is 0 Å². The number of thiazole rings is 1. The van der Waals surface area contributed by atoms with E-state index in [0.717, 1.165) is 38.6 Å². The first kappa shape index (κ1) is 29.0. The molecule has 3 heterocycles. The Kier molecular flexibility index (Phi) is 8.60. The van der Waals surface area contributed by atoms with E-state index in [4.69, 9.17) is 14.0 Å². The molecule has 2 atom stereocenters. The molecule has 5 aromatic rings. The highest BCUT2D eigenvalue weighted by atomic mass is 32.1. The van der Waals surface area contributed by atoms with Gasteiger partial charge in [-0.25, -0.2) is 14.7 Å². The summed E-state index contributed by atoms with van der Waals surface area (Å²) >= 11 is 1.55. The van der Waals surface area contributed by atoms with Gasteiger partial charge in [-0.1, -0.05) is 71.9 Å². The first-order valence-corrected chi connectivity index (χ1v) is 15.0. The molecule has 6 rings (SSSR count).